The number of rotatable bonds is 2. The minimum absolute atomic E-state index is 0. The first-order valence-electron chi connectivity index (χ1n) is 1.77. The van der Waals surface area contributed by atoms with E-state index in [2.05, 4.69) is 0 Å². The van der Waals surface area contributed by atoms with Crippen molar-refractivity contribution in [3.63, 3.8) is 0 Å². The van der Waals surface area contributed by atoms with Gasteiger partial charge in [0, 0.05) is 12.2 Å². The van der Waals surface area contributed by atoms with Crippen LogP contribution < -0.4 is 6.15 Å². The van der Waals surface area contributed by atoms with Crippen LogP contribution in [0.4, 0.5) is 0 Å². The Hall–Kier alpha value is -1.36. The third kappa shape index (κ3) is 10.8. The number of quaternary nitrogens is 1. The van der Waals surface area contributed by atoms with Crippen molar-refractivity contribution in [2.75, 3.05) is 0 Å². The highest BCUT2D eigenvalue weighted by Crippen LogP contribution is 1.70. The van der Waals surface area contributed by atoms with Crippen LogP contribution in [0.5, 0.6) is 0 Å². The van der Waals surface area contributed by atoms with E-state index in [-0.39, 0.29) is 6.15 Å². The monoisotopic (exact) mass is 134 g/mol. The van der Waals surface area contributed by atoms with Crippen LogP contribution in [0.3, 0.4) is 0 Å². The number of carbonyl (C=O) groups is 2. The van der Waals surface area contributed by atoms with Gasteiger partial charge in [-0.25, -0.2) is 9.59 Å². The summed E-state index contributed by atoms with van der Waals surface area (Å²) in [5.74, 6) is -2.51. The van der Waals surface area contributed by atoms with Crippen molar-refractivity contribution >= 4 is 11.9 Å². The van der Waals surface area contributed by atoms with Crippen molar-refractivity contribution < 1.29 is 19.8 Å². The molecule has 0 amide bonds. The second-order valence-electron chi connectivity index (χ2n) is 1.01. The van der Waals surface area contributed by atoms with Crippen LogP contribution in [-0.2, 0) is 9.59 Å². The van der Waals surface area contributed by atoms with Gasteiger partial charge in [-0.3, -0.25) is 0 Å². The van der Waals surface area contributed by atoms with Crippen LogP contribution in [0.1, 0.15) is 0 Å². The molecule has 6 N–H and O–H groups in total. The van der Waals surface area contributed by atoms with Gasteiger partial charge in [0.2, 0.25) is 0 Å². The molecule has 0 atom stereocenters. The van der Waals surface area contributed by atoms with Crippen molar-refractivity contribution in [3.8, 4) is 0 Å². The molecule has 0 heterocycles. The van der Waals surface area contributed by atoms with E-state index in [1.807, 2.05) is 0 Å². The van der Waals surface area contributed by atoms with E-state index < -0.39 is 11.9 Å². The van der Waals surface area contributed by atoms with E-state index in [1.54, 1.807) is 0 Å². The average Bonchev–Trinajstić information content (AvgIpc) is 1.61. The average molecular weight is 134 g/mol. The lowest BCUT2D eigenvalue weighted by molar-refractivity contribution is -0.134. The summed E-state index contributed by atoms with van der Waals surface area (Å²) in [6.45, 7) is 0. The summed E-state index contributed by atoms with van der Waals surface area (Å²) in [4.78, 5) is 19.1. The molecule has 0 rings (SSSR count). The van der Waals surface area contributed by atoms with E-state index in [0.717, 1.165) is 0 Å². The van der Waals surface area contributed by atoms with E-state index in [9.17, 15) is 9.59 Å². The molecule has 0 aromatic carbocycles. The lowest BCUT2D eigenvalue weighted by Gasteiger charge is -1.74. The van der Waals surface area contributed by atoms with Crippen molar-refractivity contribution in [3.05, 3.63) is 12.2 Å². The molecule has 0 aliphatic rings. The van der Waals surface area contributed by atoms with Crippen LogP contribution in [0.25, 0.3) is 0 Å². The van der Waals surface area contributed by atoms with Crippen molar-refractivity contribution in [2.45, 2.75) is 0 Å². The Bertz CT molecular complexity index is 124. The topological polar surface area (TPSA) is 111 Å². The Balaban J connectivity index is 0. The largest absolute Gasteiger partial charge is 0.478 e. The maximum atomic E-state index is 9.55. The Labute approximate surface area is 51.2 Å². The molecule has 0 aromatic heterocycles. The summed E-state index contributed by atoms with van der Waals surface area (Å²) < 4.78 is 0. The zero-order valence-corrected chi connectivity index (χ0v) is 4.87. The second-order valence-corrected chi connectivity index (χ2v) is 1.01. The van der Waals surface area contributed by atoms with Crippen molar-refractivity contribution in [1.82, 2.24) is 6.15 Å². The molecule has 0 aliphatic heterocycles. The smallest absolute Gasteiger partial charge is 0.328 e. The number of aliphatic carboxylic acids is 2. The fourth-order valence-corrected chi connectivity index (χ4v) is 0.143. The Morgan fingerprint density at radius 3 is 1.33 bits per heavy atom. The highest BCUT2D eigenvalue weighted by Gasteiger charge is 1.88. The molecular weight excluding hydrogens is 126 g/mol. The lowest BCUT2D eigenvalue weighted by Crippen LogP contribution is -1.91. The van der Waals surface area contributed by atoms with Gasteiger partial charge in [-0.05, 0) is 0 Å². The number of hydrogen-bond donors (Lipinski definition) is 3. The van der Waals surface area contributed by atoms with E-state index in [4.69, 9.17) is 10.2 Å². The summed E-state index contributed by atoms with van der Waals surface area (Å²) >= 11 is 0. The predicted octanol–water partition coefficient (Wildman–Crippen LogP) is 0.0880. The van der Waals surface area contributed by atoms with E-state index in [1.165, 1.54) is 0 Å². The Morgan fingerprint density at radius 1 is 1.00 bits per heavy atom. The van der Waals surface area contributed by atoms with Crippen LogP contribution in [0, 0.1) is 0 Å². The fourth-order valence-electron chi connectivity index (χ4n) is 0.143. The minimum atomic E-state index is -1.26. The summed E-state index contributed by atoms with van der Waals surface area (Å²) in [5, 5.41) is 15.6. The van der Waals surface area contributed by atoms with Gasteiger partial charge < -0.3 is 16.4 Å². The molecule has 5 heteroatoms. The molecule has 0 saturated heterocycles. The lowest BCUT2D eigenvalue weighted by atomic mass is 10.5. The van der Waals surface area contributed by atoms with Crippen LogP contribution >= 0.6 is 0 Å². The van der Waals surface area contributed by atoms with Gasteiger partial charge in [-0.1, -0.05) is 0 Å². The summed E-state index contributed by atoms with van der Waals surface area (Å²) in [6.07, 6.45) is 1.12. The molecule has 0 spiro atoms. The molecule has 5 nitrogen and oxygen atoms in total. The van der Waals surface area contributed by atoms with E-state index >= 15 is 0 Å². The van der Waals surface area contributed by atoms with Crippen molar-refractivity contribution in [2.24, 2.45) is 0 Å². The summed E-state index contributed by atoms with van der Waals surface area (Å²) in [5.41, 5.74) is 0. The highest BCUT2D eigenvalue weighted by molar-refractivity contribution is 5.89. The van der Waals surface area contributed by atoms with Gasteiger partial charge in [0.25, 0.3) is 0 Å². The third-order valence-electron chi connectivity index (χ3n) is 0.368. The minimum Gasteiger partial charge on any atom is -0.478 e. The predicted molar refractivity (Wildman–Crippen MR) is 30.4 cm³/mol. The first kappa shape index (κ1) is 10.6. The quantitative estimate of drug-likeness (QED) is 0.464. The zero-order chi connectivity index (χ0) is 6.57. The van der Waals surface area contributed by atoms with E-state index in [0.29, 0.717) is 12.2 Å². The van der Waals surface area contributed by atoms with Crippen LogP contribution in [0.2, 0.25) is 0 Å². The standard InChI is InChI=1S/C4H4O4.H3N/c5-3(6)1-2-4(7)8;/h1-2H,(H,5,6)(H,7,8);1H3/p+1/b2-1-;. The molecule has 52 valence electrons. The van der Waals surface area contributed by atoms with Gasteiger partial charge in [0.1, 0.15) is 0 Å². The fraction of sp³-hybridized carbons (Fsp3) is 0. The maximum Gasteiger partial charge on any atom is 0.328 e. The molecule has 0 saturated carbocycles. The molecule has 0 aromatic rings. The molecule has 0 radical (unpaired) electrons. The SMILES string of the molecule is O=C(O)/C=C\C(=O)O.[NH4+]. The van der Waals surface area contributed by atoms with Gasteiger partial charge in [-0.15, -0.1) is 0 Å². The van der Waals surface area contributed by atoms with Gasteiger partial charge >= 0.3 is 11.9 Å². The summed E-state index contributed by atoms with van der Waals surface area (Å²) in [6, 6.07) is 0. The normalized spacial score (nSPS) is 8.44. The highest BCUT2D eigenvalue weighted by atomic mass is 16.4. The molecule has 0 bridgehead atoms. The molecular formula is C4H8NO4+. The molecule has 0 fully saturated rings. The maximum absolute atomic E-state index is 9.55. The molecule has 0 aliphatic carbocycles. The Morgan fingerprint density at radius 2 is 1.22 bits per heavy atom. The number of carboxylic acids is 2. The van der Waals surface area contributed by atoms with Gasteiger partial charge in [-0.2, -0.15) is 0 Å². The summed E-state index contributed by atoms with van der Waals surface area (Å²) in [7, 11) is 0. The first-order chi connectivity index (χ1) is 3.63. The van der Waals surface area contributed by atoms with Gasteiger partial charge in [0.05, 0.1) is 0 Å². The molecule has 0 unspecified atom stereocenters. The number of hydrogen-bond acceptors (Lipinski definition) is 2. The third-order valence-corrected chi connectivity index (χ3v) is 0.368. The second kappa shape index (κ2) is 4.79. The zero-order valence-electron chi connectivity index (χ0n) is 4.87. The first-order valence-corrected chi connectivity index (χ1v) is 1.77. The Kier molecular flexibility index (Phi) is 5.64. The van der Waals surface area contributed by atoms with Gasteiger partial charge in [0.15, 0.2) is 0 Å². The molecule has 9 heavy (non-hydrogen) atoms. The number of carboxylic acid groups (broad SMARTS) is 2. The van der Waals surface area contributed by atoms with Crippen LogP contribution in [0.15, 0.2) is 12.2 Å². The van der Waals surface area contributed by atoms with Crippen LogP contribution in [-0.4, -0.2) is 22.2 Å². The van der Waals surface area contributed by atoms with Crippen molar-refractivity contribution in [1.29, 1.82) is 0 Å².